The second kappa shape index (κ2) is 4.94. The topological polar surface area (TPSA) is 51.4 Å². The lowest BCUT2D eigenvalue weighted by molar-refractivity contribution is -0.00513. The van der Waals surface area contributed by atoms with Crippen LogP contribution in [0.25, 0.3) is 10.8 Å². The minimum atomic E-state index is 0.245. The van der Waals surface area contributed by atoms with Gasteiger partial charge < -0.3 is 15.4 Å². The Bertz CT molecular complexity index is 631. The maximum Gasteiger partial charge on any atom is 0.0726 e. The normalized spacial score (nSPS) is 23.2. The Morgan fingerprint density at radius 3 is 2.60 bits per heavy atom. The van der Waals surface area contributed by atoms with Crippen LogP contribution in [0.2, 0.25) is 0 Å². The molecule has 0 amide bonds. The average Bonchev–Trinajstić information content (AvgIpc) is 2.37. The number of hydrogen-bond donors (Lipinski definition) is 1. The summed E-state index contributed by atoms with van der Waals surface area (Å²) in [6, 6.07) is 6.20. The zero-order valence-corrected chi connectivity index (χ0v) is 12.3. The molecule has 1 saturated heterocycles. The summed E-state index contributed by atoms with van der Waals surface area (Å²) in [4.78, 5) is 6.75. The average molecular weight is 271 g/mol. The summed E-state index contributed by atoms with van der Waals surface area (Å²) in [5.74, 6) is 0. The number of anilines is 2. The van der Waals surface area contributed by atoms with Crippen LogP contribution in [0.5, 0.6) is 0 Å². The summed E-state index contributed by atoms with van der Waals surface area (Å²) < 4.78 is 5.82. The molecule has 0 bridgehead atoms. The molecule has 0 unspecified atom stereocenters. The molecule has 2 heterocycles. The Kier molecular flexibility index (Phi) is 3.26. The molecule has 20 heavy (non-hydrogen) atoms. The maximum atomic E-state index is 6.08. The molecule has 0 aliphatic carbocycles. The second-order valence-corrected chi connectivity index (χ2v) is 5.71. The number of ether oxygens (including phenoxy) is 1. The molecule has 2 aromatic rings. The van der Waals surface area contributed by atoms with E-state index in [9.17, 15) is 0 Å². The lowest BCUT2D eigenvalue weighted by Gasteiger charge is -2.37. The van der Waals surface area contributed by atoms with Gasteiger partial charge in [0.2, 0.25) is 0 Å². The van der Waals surface area contributed by atoms with E-state index in [-0.39, 0.29) is 12.2 Å². The Morgan fingerprint density at radius 2 is 1.90 bits per heavy atom. The predicted molar refractivity (Wildman–Crippen MR) is 83.1 cm³/mol. The van der Waals surface area contributed by atoms with Crippen molar-refractivity contribution in [2.75, 3.05) is 23.7 Å². The molecule has 0 saturated carbocycles. The number of rotatable bonds is 1. The smallest absolute Gasteiger partial charge is 0.0726 e. The van der Waals surface area contributed by atoms with Gasteiger partial charge in [-0.2, -0.15) is 0 Å². The molecular formula is C16H21N3O. The standard InChI is InChI=1S/C16H21N3O/c1-10-6-13-14(7-18-10)15(17)4-5-16(13)19-8-11(2)20-12(3)9-19/h4-7,11-12H,8-9,17H2,1-3H3/t11-,12+. The lowest BCUT2D eigenvalue weighted by Crippen LogP contribution is -2.45. The molecular weight excluding hydrogens is 250 g/mol. The first-order valence-corrected chi connectivity index (χ1v) is 7.10. The van der Waals surface area contributed by atoms with Crippen LogP contribution in [-0.2, 0) is 4.74 Å². The summed E-state index contributed by atoms with van der Waals surface area (Å²) in [7, 11) is 0. The van der Waals surface area contributed by atoms with E-state index in [0.717, 1.165) is 29.9 Å². The van der Waals surface area contributed by atoms with Gasteiger partial charge in [-0.1, -0.05) is 0 Å². The van der Waals surface area contributed by atoms with Gasteiger partial charge >= 0.3 is 0 Å². The third-order valence-electron chi connectivity index (χ3n) is 3.81. The second-order valence-electron chi connectivity index (χ2n) is 5.71. The van der Waals surface area contributed by atoms with Gasteiger partial charge in [0.15, 0.2) is 0 Å². The van der Waals surface area contributed by atoms with E-state index >= 15 is 0 Å². The van der Waals surface area contributed by atoms with E-state index in [4.69, 9.17) is 10.5 Å². The molecule has 1 aromatic carbocycles. The highest BCUT2D eigenvalue weighted by Gasteiger charge is 2.23. The summed E-state index contributed by atoms with van der Waals surface area (Å²) in [6.45, 7) is 8.07. The van der Waals surface area contributed by atoms with E-state index in [1.165, 1.54) is 11.1 Å². The molecule has 4 heteroatoms. The quantitative estimate of drug-likeness (QED) is 0.810. The molecule has 2 atom stereocenters. The number of benzene rings is 1. The first-order chi connectivity index (χ1) is 9.54. The molecule has 3 rings (SSSR count). The highest BCUT2D eigenvalue weighted by molar-refractivity contribution is 6.01. The highest BCUT2D eigenvalue weighted by atomic mass is 16.5. The van der Waals surface area contributed by atoms with Gasteiger partial charge in [0.05, 0.1) is 12.2 Å². The number of nitrogens with zero attached hydrogens (tertiary/aromatic N) is 2. The minimum Gasteiger partial charge on any atom is -0.398 e. The lowest BCUT2D eigenvalue weighted by atomic mass is 10.1. The van der Waals surface area contributed by atoms with Crippen LogP contribution in [0, 0.1) is 6.92 Å². The highest BCUT2D eigenvalue weighted by Crippen LogP contribution is 2.32. The van der Waals surface area contributed by atoms with Crippen molar-refractivity contribution in [1.82, 2.24) is 4.98 Å². The van der Waals surface area contributed by atoms with Gasteiger partial charge in [0.25, 0.3) is 0 Å². The molecule has 0 radical (unpaired) electrons. The SMILES string of the molecule is Cc1cc2c(N3C[C@@H](C)O[C@@H](C)C3)ccc(N)c2cn1. The predicted octanol–water partition coefficient (Wildman–Crippen LogP) is 2.74. The number of nitrogen functional groups attached to an aromatic ring is 1. The number of hydrogen-bond acceptors (Lipinski definition) is 4. The van der Waals surface area contributed by atoms with Gasteiger partial charge in [-0.05, 0) is 39.0 Å². The Hall–Kier alpha value is -1.81. The van der Waals surface area contributed by atoms with Gasteiger partial charge in [0, 0.05) is 47.1 Å². The molecule has 1 aliphatic rings. The maximum absolute atomic E-state index is 6.08. The van der Waals surface area contributed by atoms with E-state index in [1.807, 2.05) is 19.2 Å². The van der Waals surface area contributed by atoms with Gasteiger partial charge in [0.1, 0.15) is 0 Å². The van der Waals surface area contributed by atoms with Crippen molar-refractivity contribution < 1.29 is 4.74 Å². The van der Waals surface area contributed by atoms with Crippen LogP contribution in [0.3, 0.4) is 0 Å². The molecule has 2 N–H and O–H groups in total. The third kappa shape index (κ3) is 2.31. The summed E-state index contributed by atoms with van der Waals surface area (Å²) in [5, 5.41) is 2.21. The summed E-state index contributed by atoms with van der Waals surface area (Å²) in [6.07, 6.45) is 2.36. The molecule has 1 aromatic heterocycles. The summed E-state index contributed by atoms with van der Waals surface area (Å²) in [5.41, 5.74) is 9.10. The molecule has 1 aliphatic heterocycles. The fourth-order valence-electron chi connectivity index (χ4n) is 3.00. The monoisotopic (exact) mass is 271 g/mol. The number of nitrogens with two attached hydrogens (primary N) is 1. The van der Waals surface area contributed by atoms with E-state index in [1.54, 1.807) is 0 Å². The van der Waals surface area contributed by atoms with Crippen LogP contribution in [0.1, 0.15) is 19.5 Å². The first kappa shape index (κ1) is 13.2. The van der Waals surface area contributed by atoms with Gasteiger partial charge in [-0.25, -0.2) is 0 Å². The fraction of sp³-hybridized carbons (Fsp3) is 0.438. The fourth-order valence-corrected chi connectivity index (χ4v) is 3.00. The number of morpholine rings is 1. The van der Waals surface area contributed by atoms with Crippen molar-refractivity contribution >= 4 is 22.1 Å². The molecule has 1 fully saturated rings. The Labute approximate surface area is 119 Å². The Balaban J connectivity index is 2.11. The van der Waals surface area contributed by atoms with E-state index in [0.29, 0.717) is 0 Å². The van der Waals surface area contributed by atoms with Crippen LogP contribution in [-0.4, -0.2) is 30.3 Å². The van der Waals surface area contributed by atoms with Crippen LogP contribution in [0.4, 0.5) is 11.4 Å². The van der Waals surface area contributed by atoms with Crippen molar-refractivity contribution in [3.8, 4) is 0 Å². The number of aromatic nitrogens is 1. The van der Waals surface area contributed by atoms with Crippen molar-refractivity contribution in [2.45, 2.75) is 33.0 Å². The Morgan fingerprint density at radius 1 is 1.20 bits per heavy atom. The van der Waals surface area contributed by atoms with E-state index < -0.39 is 0 Å². The van der Waals surface area contributed by atoms with Crippen molar-refractivity contribution in [2.24, 2.45) is 0 Å². The number of fused-ring (bicyclic) bond motifs is 1. The number of aryl methyl sites for hydroxylation is 1. The summed E-state index contributed by atoms with van der Waals surface area (Å²) >= 11 is 0. The minimum absolute atomic E-state index is 0.245. The molecule has 106 valence electrons. The van der Waals surface area contributed by atoms with Crippen LogP contribution >= 0.6 is 0 Å². The van der Waals surface area contributed by atoms with E-state index in [2.05, 4.69) is 35.9 Å². The van der Waals surface area contributed by atoms with Crippen LogP contribution < -0.4 is 10.6 Å². The zero-order valence-electron chi connectivity index (χ0n) is 12.3. The third-order valence-corrected chi connectivity index (χ3v) is 3.81. The zero-order chi connectivity index (χ0) is 14.3. The van der Waals surface area contributed by atoms with Crippen molar-refractivity contribution in [3.63, 3.8) is 0 Å². The van der Waals surface area contributed by atoms with Crippen molar-refractivity contribution in [3.05, 3.63) is 30.1 Å². The molecule has 0 spiro atoms. The molecule has 4 nitrogen and oxygen atoms in total. The number of pyridine rings is 1. The van der Waals surface area contributed by atoms with Gasteiger partial charge in [-0.3, -0.25) is 4.98 Å². The first-order valence-electron chi connectivity index (χ1n) is 7.10. The van der Waals surface area contributed by atoms with Crippen molar-refractivity contribution in [1.29, 1.82) is 0 Å². The van der Waals surface area contributed by atoms with Gasteiger partial charge in [-0.15, -0.1) is 0 Å². The largest absolute Gasteiger partial charge is 0.398 e. The van der Waals surface area contributed by atoms with Crippen LogP contribution in [0.15, 0.2) is 24.4 Å².